The second kappa shape index (κ2) is 6.27. The van der Waals surface area contributed by atoms with Gasteiger partial charge in [-0.3, -0.25) is 4.79 Å². The summed E-state index contributed by atoms with van der Waals surface area (Å²) in [6, 6.07) is 9.27. The largest absolute Gasteiger partial charge is 0.475 e. The Bertz CT molecular complexity index is 332. The summed E-state index contributed by atoms with van der Waals surface area (Å²) in [7, 11) is -1.60. The first kappa shape index (κ1) is 12.7. The van der Waals surface area contributed by atoms with Crippen molar-refractivity contribution in [2.24, 2.45) is 5.73 Å². The highest BCUT2D eigenvalue weighted by molar-refractivity contribution is 6.43. The number of carbonyl (C=O) groups is 1. The van der Waals surface area contributed by atoms with E-state index < -0.39 is 19.0 Å². The molecular formula is C10H15BN2O3. The molecule has 0 bridgehead atoms. The molecule has 16 heavy (non-hydrogen) atoms. The number of hydrogen-bond acceptors (Lipinski definition) is 4. The molecule has 0 spiro atoms. The Kier molecular flexibility index (Phi) is 4.98. The van der Waals surface area contributed by atoms with Gasteiger partial charge < -0.3 is 21.1 Å². The van der Waals surface area contributed by atoms with Crippen LogP contribution in [-0.4, -0.2) is 35.6 Å². The van der Waals surface area contributed by atoms with Crippen LogP contribution in [0.25, 0.3) is 0 Å². The van der Waals surface area contributed by atoms with Gasteiger partial charge in [0.05, 0.1) is 12.5 Å². The average molecular weight is 222 g/mol. The summed E-state index contributed by atoms with van der Waals surface area (Å²) >= 11 is 0. The molecular weight excluding hydrogens is 207 g/mol. The minimum absolute atomic E-state index is 0.169. The average Bonchev–Trinajstić information content (AvgIpc) is 2.29. The van der Waals surface area contributed by atoms with E-state index in [4.69, 9.17) is 15.8 Å². The van der Waals surface area contributed by atoms with Crippen molar-refractivity contribution >= 4 is 13.0 Å². The van der Waals surface area contributed by atoms with Crippen molar-refractivity contribution in [2.45, 2.75) is 12.4 Å². The summed E-state index contributed by atoms with van der Waals surface area (Å²) in [5.74, 6) is -1.15. The van der Waals surface area contributed by atoms with Gasteiger partial charge in [0.25, 0.3) is 0 Å². The molecule has 1 rings (SSSR count). The monoisotopic (exact) mass is 222 g/mol. The topological polar surface area (TPSA) is 95.6 Å². The molecule has 0 aromatic heterocycles. The van der Waals surface area contributed by atoms with Gasteiger partial charge in [-0.25, -0.2) is 0 Å². The fourth-order valence-electron chi connectivity index (χ4n) is 1.36. The van der Waals surface area contributed by atoms with Crippen molar-refractivity contribution in [1.29, 1.82) is 0 Å². The van der Waals surface area contributed by atoms with Crippen molar-refractivity contribution in [3.05, 3.63) is 35.9 Å². The van der Waals surface area contributed by atoms with Gasteiger partial charge in [-0.15, -0.1) is 0 Å². The van der Waals surface area contributed by atoms with E-state index in [1.54, 1.807) is 0 Å². The van der Waals surface area contributed by atoms with Crippen molar-refractivity contribution in [2.75, 3.05) is 6.54 Å². The number of rotatable bonds is 5. The van der Waals surface area contributed by atoms with E-state index in [2.05, 4.69) is 5.32 Å². The van der Waals surface area contributed by atoms with Gasteiger partial charge in [0.15, 0.2) is 0 Å². The van der Waals surface area contributed by atoms with Gasteiger partial charge >= 0.3 is 7.12 Å². The summed E-state index contributed by atoms with van der Waals surface area (Å²) in [5, 5.41) is 20.7. The van der Waals surface area contributed by atoms with Gasteiger partial charge in [-0.1, -0.05) is 30.3 Å². The number of amides is 1. The summed E-state index contributed by atoms with van der Waals surface area (Å²) in [4.78, 5) is 11.1. The Hall–Kier alpha value is -1.37. The van der Waals surface area contributed by atoms with Crippen LogP contribution in [0.4, 0.5) is 0 Å². The summed E-state index contributed by atoms with van der Waals surface area (Å²) < 4.78 is 0. The molecule has 0 fully saturated rings. The van der Waals surface area contributed by atoms with Crippen LogP contribution in [0.5, 0.6) is 0 Å². The van der Waals surface area contributed by atoms with Crippen LogP contribution in [0, 0.1) is 0 Å². The first-order valence-electron chi connectivity index (χ1n) is 5.03. The maximum atomic E-state index is 11.1. The van der Waals surface area contributed by atoms with Crippen molar-refractivity contribution in [3.63, 3.8) is 0 Å². The lowest BCUT2D eigenvalue weighted by atomic mass is 9.76. The molecule has 1 amide bonds. The molecule has 6 heteroatoms. The van der Waals surface area contributed by atoms with Gasteiger partial charge in [-0.2, -0.15) is 0 Å². The first-order chi connectivity index (χ1) is 7.63. The maximum Gasteiger partial charge on any atom is 0.475 e. The molecule has 5 nitrogen and oxygen atoms in total. The lowest BCUT2D eigenvalue weighted by Crippen LogP contribution is -2.49. The highest BCUT2D eigenvalue weighted by Gasteiger charge is 2.24. The lowest BCUT2D eigenvalue weighted by molar-refractivity contribution is -0.120. The van der Waals surface area contributed by atoms with Crippen LogP contribution in [0.2, 0.25) is 0 Å². The second-order valence-corrected chi connectivity index (χ2v) is 3.48. The number of hydrogen-bond donors (Lipinski definition) is 4. The molecule has 86 valence electrons. The van der Waals surface area contributed by atoms with E-state index in [-0.39, 0.29) is 6.54 Å². The molecule has 1 aromatic carbocycles. The number of carbonyl (C=O) groups excluding carboxylic acids is 1. The van der Waals surface area contributed by atoms with Gasteiger partial charge in [-0.05, 0) is 12.0 Å². The first-order valence-corrected chi connectivity index (χ1v) is 5.03. The zero-order chi connectivity index (χ0) is 12.0. The van der Waals surface area contributed by atoms with Crippen LogP contribution in [0.15, 0.2) is 30.3 Å². The second-order valence-electron chi connectivity index (χ2n) is 3.48. The molecule has 0 radical (unpaired) electrons. The highest BCUT2D eigenvalue weighted by Crippen LogP contribution is 2.03. The Labute approximate surface area is 94.4 Å². The lowest BCUT2D eigenvalue weighted by Gasteiger charge is -2.17. The number of benzene rings is 1. The zero-order valence-corrected chi connectivity index (χ0v) is 8.84. The van der Waals surface area contributed by atoms with E-state index in [9.17, 15) is 4.79 Å². The van der Waals surface area contributed by atoms with Crippen LogP contribution in [-0.2, 0) is 11.2 Å². The predicted molar refractivity (Wildman–Crippen MR) is 61.3 cm³/mol. The van der Waals surface area contributed by atoms with Crippen LogP contribution >= 0.6 is 0 Å². The Morgan fingerprint density at radius 3 is 2.50 bits per heavy atom. The maximum absolute atomic E-state index is 11.1. The summed E-state index contributed by atoms with van der Waals surface area (Å²) in [6.45, 7) is -0.169. The Morgan fingerprint density at radius 2 is 2.00 bits per heavy atom. The predicted octanol–water partition coefficient (Wildman–Crippen LogP) is -1.32. The molecule has 0 unspecified atom stereocenters. The van der Waals surface area contributed by atoms with Gasteiger partial charge in [0.2, 0.25) is 5.91 Å². The molecule has 1 aromatic rings. The standard InChI is InChI=1S/C10H15BN2O3/c12-7-10(14)13-9(11(15)16)6-8-4-2-1-3-5-8/h1-5,9,15-16H,6-7,12H2,(H,13,14)/t9-/m0/s1. The molecule has 5 N–H and O–H groups in total. The summed E-state index contributed by atoms with van der Waals surface area (Å²) in [5.41, 5.74) is 6.05. The van der Waals surface area contributed by atoms with Crippen molar-refractivity contribution in [3.8, 4) is 0 Å². The SMILES string of the molecule is NCC(=O)N[C@@H](Cc1ccccc1)B(O)O. The van der Waals surface area contributed by atoms with Crippen molar-refractivity contribution in [1.82, 2.24) is 5.32 Å². The third-order valence-electron chi connectivity index (χ3n) is 2.19. The molecule has 0 aliphatic rings. The fourth-order valence-corrected chi connectivity index (χ4v) is 1.36. The van der Waals surface area contributed by atoms with Gasteiger partial charge in [0, 0.05) is 0 Å². The fraction of sp³-hybridized carbons (Fsp3) is 0.300. The van der Waals surface area contributed by atoms with E-state index in [1.165, 1.54) is 0 Å². The third kappa shape index (κ3) is 4.02. The van der Waals surface area contributed by atoms with E-state index in [0.717, 1.165) is 5.56 Å². The van der Waals surface area contributed by atoms with E-state index >= 15 is 0 Å². The van der Waals surface area contributed by atoms with E-state index in [1.807, 2.05) is 30.3 Å². The highest BCUT2D eigenvalue weighted by atomic mass is 16.4. The molecule has 0 saturated carbocycles. The summed E-state index contributed by atoms with van der Waals surface area (Å²) in [6.07, 6.45) is 0.351. The Morgan fingerprint density at radius 1 is 1.38 bits per heavy atom. The smallest absolute Gasteiger partial charge is 0.426 e. The molecule has 1 atom stereocenters. The normalized spacial score (nSPS) is 11.9. The van der Waals surface area contributed by atoms with Gasteiger partial charge in [0.1, 0.15) is 0 Å². The van der Waals surface area contributed by atoms with E-state index in [0.29, 0.717) is 6.42 Å². The molecule has 0 heterocycles. The van der Waals surface area contributed by atoms with Crippen LogP contribution in [0.1, 0.15) is 5.56 Å². The zero-order valence-electron chi connectivity index (χ0n) is 8.84. The molecule has 0 saturated heterocycles. The molecule has 0 aliphatic carbocycles. The molecule has 0 aliphatic heterocycles. The number of nitrogens with one attached hydrogen (secondary N) is 1. The van der Waals surface area contributed by atoms with Crippen LogP contribution < -0.4 is 11.1 Å². The van der Waals surface area contributed by atoms with Crippen LogP contribution in [0.3, 0.4) is 0 Å². The third-order valence-corrected chi connectivity index (χ3v) is 2.19. The number of nitrogens with two attached hydrogens (primary N) is 1. The Balaban J connectivity index is 2.62. The quantitative estimate of drug-likeness (QED) is 0.465. The van der Waals surface area contributed by atoms with Crippen molar-refractivity contribution < 1.29 is 14.8 Å². The minimum atomic E-state index is -1.60. The minimum Gasteiger partial charge on any atom is -0.426 e.